The number of nitrogens with one attached hydrogen (secondary N) is 1. The van der Waals surface area contributed by atoms with Crippen LogP contribution in [0.3, 0.4) is 0 Å². The van der Waals surface area contributed by atoms with Crippen LogP contribution in [0.25, 0.3) is 0 Å². The van der Waals surface area contributed by atoms with E-state index in [4.69, 9.17) is 0 Å². The fraction of sp³-hybridized carbons (Fsp3) is 0.500. The Hall–Kier alpha value is -0.610. The highest BCUT2D eigenvalue weighted by molar-refractivity contribution is 9.10. The Bertz CT molecular complexity index is 353. The van der Waals surface area contributed by atoms with Crippen LogP contribution < -0.4 is 5.32 Å². The first-order valence-electron chi connectivity index (χ1n) is 5.48. The average molecular weight is 287 g/mol. The van der Waals surface area contributed by atoms with Crippen LogP contribution in [0.2, 0.25) is 0 Å². The molecule has 4 heteroatoms. The molecule has 88 valence electrons. The van der Waals surface area contributed by atoms with Gasteiger partial charge in [0, 0.05) is 23.1 Å². The number of anilines is 1. The molecule has 2 unspecified atom stereocenters. The summed E-state index contributed by atoms with van der Waals surface area (Å²) in [5.74, 6) is -0.198. The molecule has 0 aliphatic carbocycles. The van der Waals surface area contributed by atoms with Gasteiger partial charge in [0.15, 0.2) is 0 Å². The van der Waals surface area contributed by atoms with Crippen LogP contribution in [0.15, 0.2) is 22.7 Å². The van der Waals surface area contributed by atoms with Crippen LogP contribution in [-0.2, 0) is 0 Å². The summed E-state index contributed by atoms with van der Waals surface area (Å²) in [6, 6.07) is 5.92. The molecule has 2 atom stereocenters. The third-order valence-corrected chi connectivity index (χ3v) is 3.86. The molecule has 1 fully saturated rings. The molecule has 0 amide bonds. The summed E-state index contributed by atoms with van der Waals surface area (Å²) in [4.78, 5) is 2.28. The van der Waals surface area contributed by atoms with Crippen molar-refractivity contribution in [2.45, 2.75) is 25.4 Å². The molecule has 0 aromatic heterocycles. The van der Waals surface area contributed by atoms with Crippen LogP contribution in [0.1, 0.15) is 13.3 Å². The van der Waals surface area contributed by atoms with E-state index in [0.29, 0.717) is 17.8 Å². The first-order chi connectivity index (χ1) is 7.58. The van der Waals surface area contributed by atoms with Crippen molar-refractivity contribution < 1.29 is 4.39 Å². The van der Waals surface area contributed by atoms with Crippen molar-refractivity contribution in [3.63, 3.8) is 0 Å². The summed E-state index contributed by atoms with van der Waals surface area (Å²) in [6.07, 6.45) is 1.05. The lowest BCUT2D eigenvalue weighted by atomic mass is 10.2. The number of halogens is 2. The zero-order valence-corrected chi connectivity index (χ0v) is 11.1. The van der Waals surface area contributed by atoms with Gasteiger partial charge in [0.05, 0.1) is 5.69 Å². The van der Waals surface area contributed by atoms with Gasteiger partial charge in [0.25, 0.3) is 0 Å². The van der Waals surface area contributed by atoms with E-state index in [1.54, 1.807) is 6.07 Å². The number of likely N-dealkylation sites (N-methyl/N-ethyl adjacent to an activating group) is 1. The van der Waals surface area contributed by atoms with Crippen molar-refractivity contribution in [2.24, 2.45) is 0 Å². The van der Waals surface area contributed by atoms with E-state index in [0.717, 1.165) is 17.4 Å². The highest BCUT2D eigenvalue weighted by Gasteiger charge is 2.26. The van der Waals surface area contributed by atoms with Crippen molar-refractivity contribution in [1.29, 1.82) is 0 Å². The van der Waals surface area contributed by atoms with Gasteiger partial charge in [0.1, 0.15) is 5.82 Å². The largest absolute Gasteiger partial charge is 0.378 e. The predicted octanol–water partition coefficient (Wildman–Crippen LogP) is 3.09. The Kier molecular flexibility index (Phi) is 3.50. The molecule has 0 spiro atoms. The molecule has 1 aromatic carbocycles. The molecule has 2 rings (SSSR count). The third-order valence-electron chi connectivity index (χ3n) is 3.20. The molecule has 0 bridgehead atoms. The second kappa shape index (κ2) is 4.72. The fourth-order valence-corrected chi connectivity index (χ4v) is 2.59. The number of hydrogen-bond donors (Lipinski definition) is 1. The van der Waals surface area contributed by atoms with E-state index in [-0.39, 0.29) is 5.82 Å². The normalized spacial score (nSPS) is 26.0. The molecule has 16 heavy (non-hydrogen) atoms. The molecule has 1 aliphatic rings. The molecule has 1 N–H and O–H groups in total. The number of para-hydroxylation sites is 1. The molecular weight excluding hydrogens is 271 g/mol. The van der Waals surface area contributed by atoms with Crippen molar-refractivity contribution in [3.8, 4) is 0 Å². The van der Waals surface area contributed by atoms with E-state index >= 15 is 0 Å². The maximum absolute atomic E-state index is 13.6. The van der Waals surface area contributed by atoms with Gasteiger partial charge < -0.3 is 10.2 Å². The first-order valence-corrected chi connectivity index (χ1v) is 6.28. The topological polar surface area (TPSA) is 15.3 Å². The molecule has 1 heterocycles. The summed E-state index contributed by atoms with van der Waals surface area (Å²) in [5, 5.41) is 3.27. The van der Waals surface area contributed by atoms with Crippen molar-refractivity contribution in [2.75, 3.05) is 18.9 Å². The minimum absolute atomic E-state index is 0.198. The lowest BCUT2D eigenvalue weighted by Gasteiger charge is -2.16. The van der Waals surface area contributed by atoms with Crippen molar-refractivity contribution >= 4 is 21.6 Å². The van der Waals surface area contributed by atoms with Crippen LogP contribution in [-0.4, -0.2) is 30.6 Å². The monoisotopic (exact) mass is 286 g/mol. The van der Waals surface area contributed by atoms with E-state index in [1.807, 2.05) is 6.07 Å². The lowest BCUT2D eigenvalue weighted by molar-refractivity contribution is 0.330. The highest BCUT2D eigenvalue weighted by atomic mass is 79.9. The second-order valence-electron chi connectivity index (χ2n) is 4.46. The van der Waals surface area contributed by atoms with Gasteiger partial charge in [-0.3, -0.25) is 0 Å². The van der Waals surface area contributed by atoms with Gasteiger partial charge in [0.2, 0.25) is 0 Å². The van der Waals surface area contributed by atoms with Gasteiger partial charge >= 0.3 is 0 Å². The average Bonchev–Trinajstić information content (AvgIpc) is 2.53. The number of likely N-dealkylation sites (tertiary alicyclic amines) is 1. The zero-order valence-electron chi connectivity index (χ0n) is 9.50. The summed E-state index contributed by atoms with van der Waals surface area (Å²) in [5.41, 5.74) is 0.579. The summed E-state index contributed by atoms with van der Waals surface area (Å²) >= 11 is 3.37. The molecular formula is C12H16BrFN2. The summed E-state index contributed by atoms with van der Waals surface area (Å²) in [6.45, 7) is 3.15. The zero-order chi connectivity index (χ0) is 11.7. The van der Waals surface area contributed by atoms with Crippen molar-refractivity contribution in [3.05, 3.63) is 28.5 Å². The minimum Gasteiger partial charge on any atom is -0.378 e. The smallest absolute Gasteiger partial charge is 0.147 e. The maximum Gasteiger partial charge on any atom is 0.147 e. The number of benzene rings is 1. The van der Waals surface area contributed by atoms with E-state index in [9.17, 15) is 4.39 Å². The predicted molar refractivity (Wildman–Crippen MR) is 68.2 cm³/mol. The maximum atomic E-state index is 13.6. The lowest BCUT2D eigenvalue weighted by Crippen LogP contribution is -2.25. The Morgan fingerprint density at radius 2 is 2.25 bits per heavy atom. The SMILES string of the molecule is CC1CC(Nc2c(F)cccc2Br)CN1C. The number of nitrogens with zero attached hydrogens (tertiary/aromatic N) is 1. The van der Waals surface area contributed by atoms with Gasteiger partial charge in [-0.1, -0.05) is 6.07 Å². The van der Waals surface area contributed by atoms with Crippen LogP contribution in [0, 0.1) is 5.82 Å². The van der Waals surface area contributed by atoms with Crippen LogP contribution in [0.5, 0.6) is 0 Å². The van der Waals surface area contributed by atoms with E-state index in [1.165, 1.54) is 6.07 Å². The summed E-state index contributed by atoms with van der Waals surface area (Å²) < 4.78 is 14.4. The number of rotatable bonds is 2. The fourth-order valence-electron chi connectivity index (χ4n) is 2.14. The minimum atomic E-state index is -0.198. The molecule has 0 radical (unpaired) electrons. The van der Waals surface area contributed by atoms with Gasteiger partial charge in [-0.05, 0) is 48.5 Å². The second-order valence-corrected chi connectivity index (χ2v) is 5.32. The Morgan fingerprint density at radius 1 is 1.50 bits per heavy atom. The Labute approximate surface area is 104 Å². The van der Waals surface area contributed by atoms with Crippen molar-refractivity contribution in [1.82, 2.24) is 4.90 Å². The van der Waals surface area contributed by atoms with Crippen LogP contribution in [0.4, 0.5) is 10.1 Å². The van der Waals surface area contributed by atoms with Gasteiger partial charge in [-0.2, -0.15) is 0 Å². The standard InChI is InChI=1S/C12H16BrFN2/c1-8-6-9(7-16(8)2)15-12-10(13)4-3-5-11(12)14/h3-5,8-9,15H,6-7H2,1-2H3. The third kappa shape index (κ3) is 2.38. The first kappa shape index (κ1) is 11.9. The summed E-state index contributed by atoms with van der Waals surface area (Å²) in [7, 11) is 2.10. The van der Waals surface area contributed by atoms with E-state index in [2.05, 4.69) is 40.1 Å². The molecule has 1 saturated heterocycles. The molecule has 2 nitrogen and oxygen atoms in total. The van der Waals surface area contributed by atoms with Crippen LogP contribution >= 0.6 is 15.9 Å². The molecule has 1 aromatic rings. The number of hydrogen-bond acceptors (Lipinski definition) is 2. The van der Waals surface area contributed by atoms with Gasteiger partial charge in [-0.15, -0.1) is 0 Å². The van der Waals surface area contributed by atoms with Gasteiger partial charge in [-0.25, -0.2) is 4.39 Å². The van der Waals surface area contributed by atoms with E-state index < -0.39 is 0 Å². The Balaban J connectivity index is 2.10. The molecule has 1 aliphatic heterocycles. The highest BCUT2D eigenvalue weighted by Crippen LogP contribution is 2.28. The molecule has 0 saturated carbocycles. The Morgan fingerprint density at radius 3 is 2.81 bits per heavy atom. The quantitative estimate of drug-likeness (QED) is 0.899.